The molecule has 1 aliphatic heterocycles. The third-order valence-corrected chi connectivity index (χ3v) is 7.73. The topological polar surface area (TPSA) is 49.4 Å². The summed E-state index contributed by atoms with van der Waals surface area (Å²) in [6, 6.07) is 7.88. The molecule has 1 aromatic heterocycles. The molecule has 1 unspecified atom stereocenters. The molecule has 0 saturated carbocycles. The Balaban J connectivity index is 1.51. The lowest BCUT2D eigenvalue weighted by molar-refractivity contribution is 0.247. The molecule has 1 N–H and O–H groups in total. The zero-order chi connectivity index (χ0) is 18.0. The van der Waals surface area contributed by atoms with Crippen LogP contribution in [-0.2, 0) is 22.9 Å². The highest BCUT2D eigenvalue weighted by Gasteiger charge is 2.26. The van der Waals surface area contributed by atoms with Crippen molar-refractivity contribution in [1.29, 1.82) is 0 Å². The highest BCUT2D eigenvalue weighted by Crippen LogP contribution is 2.27. The third-order valence-electron chi connectivity index (χ3n) is 5.61. The van der Waals surface area contributed by atoms with Crippen LogP contribution in [0.15, 0.2) is 39.9 Å². The number of aryl methyl sites for hydroxylation is 2. The second kappa shape index (κ2) is 7.80. The van der Waals surface area contributed by atoms with Gasteiger partial charge in [0.05, 0.1) is 4.90 Å². The van der Waals surface area contributed by atoms with Gasteiger partial charge in [-0.1, -0.05) is 6.07 Å². The molecule has 4 rings (SSSR count). The lowest BCUT2D eigenvalue weighted by atomic mass is 9.92. The number of sulfonamides is 1. The van der Waals surface area contributed by atoms with Crippen molar-refractivity contribution in [2.75, 3.05) is 19.6 Å². The highest BCUT2D eigenvalue weighted by atomic mass is 32.2. The van der Waals surface area contributed by atoms with Crippen molar-refractivity contribution in [3.8, 4) is 0 Å². The van der Waals surface area contributed by atoms with E-state index in [9.17, 15) is 8.42 Å². The van der Waals surface area contributed by atoms with Crippen molar-refractivity contribution in [3.05, 3.63) is 51.7 Å². The number of nitrogens with zero attached hydrogens (tertiary/aromatic N) is 1. The molecule has 0 amide bonds. The van der Waals surface area contributed by atoms with Crippen LogP contribution < -0.4 is 4.72 Å². The number of benzene rings is 1. The highest BCUT2D eigenvalue weighted by molar-refractivity contribution is 7.89. The van der Waals surface area contributed by atoms with Gasteiger partial charge in [-0.2, -0.15) is 11.3 Å². The van der Waals surface area contributed by atoms with E-state index in [0.29, 0.717) is 11.4 Å². The van der Waals surface area contributed by atoms with E-state index in [4.69, 9.17) is 0 Å². The Hall–Kier alpha value is -1.21. The molecule has 140 valence electrons. The summed E-state index contributed by atoms with van der Waals surface area (Å²) in [7, 11) is -3.48. The van der Waals surface area contributed by atoms with Crippen LogP contribution in [0.5, 0.6) is 0 Å². The molecule has 1 atom stereocenters. The quantitative estimate of drug-likeness (QED) is 0.817. The van der Waals surface area contributed by atoms with Crippen LogP contribution in [0.2, 0.25) is 0 Å². The second-order valence-corrected chi connectivity index (χ2v) is 9.85. The first-order valence-electron chi connectivity index (χ1n) is 9.51. The lowest BCUT2D eigenvalue weighted by Crippen LogP contribution is -2.36. The molecule has 26 heavy (non-hydrogen) atoms. The van der Waals surface area contributed by atoms with Gasteiger partial charge in [0.2, 0.25) is 10.0 Å². The van der Waals surface area contributed by atoms with Crippen LogP contribution >= 0.6 is 11.3 Å². The van der Waals surface area contributed by atoms with Crippen molar-refractivity contribution >= 4 is 21.4 Å². The van der Waals surface area contributed by atoms with Crippen LogP contribution in [0.25, 0.3) is 0 Å². The van der Waals surface area contributed by atoms with Gasteiger partial charge in [-0.3, -0.25) is 4.90 Å². The second-order valence-electron chi connectivity index (χ2n) is 7.31. The minimum absolute atomic E-state index is 0.121. The Bertz CT molecular complexity index is 841. The average Bonchev–Trinajstić information content (AvgIpc) is 3.36. The molecule has 0 spiro atoms. The first-order valence-corrected chi connectivity index (χ1v) is 11.9. The SMILES string of the molecule is O=S(=O)(NCC(c1ccsc1)N1CCCC1)c1ccc2c(c1)CCCC2. The van der Waals surface area contributed by atoms with Gasteiger partial charge < -0.3 is 0 Å². The maximum absolute atomic E-state index is 12.9. The van der Waals surface area contributed by atoms with Crippen molar-refractivity contribution in [2.24, 2.45) is 0 Å². The monoisotopic (exact) mass is 390 g/mol. The Morgan fingerprint density at radius 2 is 1.81 bits per heavy atom. The van der Waals surface area contributed by atoms with Crippen molar-refractivity contribution in [3.63, 3.8) is 0 Å². The molecule has 1 saturated heterocycles. The zero-order valence-corrected chi connectivity index (χ0v) is 16.6. The summed E-state index contributed by atoms with van der Waals surface area (Å²) >= 11 is 1.67. The minimum atomic E-state index is -3.48. The summed E-state index contributed by atoms with van der Waals surface area (Å²) in [5.74, 6) is 0. The first kappa shape index (κ1) is 18.2. The molecule has 2 aromatic rings. The average molecular weight is 391 g/mol. The number of nitrogens with one attached hydrogen (secondary N) is 1. The Morgan fingerprint density at radius 3 is 2.54 bits per heavy atom. The van der Waals surface area contributed by atoms with E-state index in [1.54, 1.807) is 17.4 Å². The molecule has 0 bridgehead atoms. The molecule has 1 aliphatic carbocycles. The molecular weight excluding hydrogens is 364 g/mol. The third kappa shape index (κ3) is 3.88. The van der Waals surface area contributed by atoms with Gasteiger partial charge in [-0.15, -0.1) is 0 Å². The van der Waals surface area contributed by atoms with E-state index >= 15 is 0 Å². The van der Waals surface area contributed by atoms with Crippen molar-refractivity contribution < 1.29 is 8.42 Å². The summed E-state index contributed by atoms with van der Waals surface area (Å²) in [6.07, 6.45) is 6.80. The van der Waals surface area contributed by atoms with Crippen LogP contribution in [-0.4, -0.2) is 33.0 Å². The molecule has 0 radical (unpaired) electrons. The molecule has 2 aliphatic rings. The maximum Gasteiger partial charge on any atom is 0.240 e. The summed E-state index contributed by atoms with van der Waals surface area (Å²) in [5.41, 5.74) is 3.72. The molecular formula is C20H26N2O2S2. The predicted molar refractivity (Wildman–Crippen MR) is 106 cm³/mol. The van der Waals surface area contributed by atoms with Crippen molar-refractivity contribution in [2.45, 2.75) is 49.5 Å². The molecule has 2 heterocycles. The van der Waals surface area contributed by atoms with Crippen LogP contribution in [0, 0.1) is 0 Å². The van der Waals surface area contributed by atoms with Gasteiger partial charge in [-0.05, 0) is 97.3 Å². The van der Waals surface area contributed by atoms with Crippen LogP contribution in [0.3, 0.4) is 0 Å². The number of hydrogen-bond acceptors (Lipinski definition) is 4. The van der Waals surface area contributed by atoms with E-state index < -0.39 is 10.0 Å². The van der Waals surface area contributed by atoms with E-state index in [0.717, 1.165) is 32.4 Å². The van der Waals surface area contributed by atoms with Gasteiger partial charge in [-0.25, -0.2) is 13.1 Å². The van der Waals surface area contributed by atoms with Gasteiger partial charge >= 0.3 is 0 Å². The largest absolute Gasteiger partial charge is 0.295 e. The van der Waals surface area contributed by atoms with Crippen LogP contribution in [0.4, 0.5) is 0 Å². The van der Waals surface area contributed by atoms with Crippen molar-refractivity contribution in [1.82, 2.24) is 9.62 Å². The van der Waals surface area contributed by atoms with Crippen LogP contribution in [0.1, 0.15) is 48.4 Å². The van der Waals surface area contributed by atoms with E-state index in [2.05, 4.69) is 26.4 Å². The molecule has 6 heteroatoms. The fourth-order valence-electron chi connectivity index (χ4n) is 4.12. The van der Waals surface area contributed by atoms with E-state index in [1.807, 2.05) is 12.1 Å². The minimum Gasteiger partial charge on any atom is -0.295 e. The summed E-state index contributed by atoms with van der Waals surface area (Å²) in [6.45, 7) is 2.51. The smallest absolute Gasteiger partial charge is 0.240 e. The van der Waals surface area contributed by atoms with Gasteiger partial charge in [0, 0.05) is 12.6 Å². The lowest BCUT2D eigenvalue weighted by Gasteiger charge is -2.27. The first-order chi connectivity index (χ1) is 12.6. The van der Waals surface area contributed by atoms with Gasteiger partial charge in [0.15, 0.2) is 0 Å². The van der Waals surface area contributed by atoms with E-state index in [-0.39, 0.29) is 6.04 Å². The molecule has 4 nitrogen and oxygen atoms in total. The fourth-order valence-corrected chi connectivity index (χ4v) is 5.92. The summed E-state index contributed by atoms with van der Waals surface area (Å²) in [5, 5.41) is 4.20. The predicted octanol–water partition coefficient (Wildman–Crippen LogP) is 3.74. The zero-order valence-electron chi connectivity index (χ0n) is 15.0. The maximum atomic E-state index is 12.9. The normalized spacial score (nSPS) is 19.4. The number of hydrogen-bond donors (Lipinski definition) is 1. The number of likely N-dealkylation sites (tertiary alicyclic amines) is 1. The number of rotatable bonds is 6. The molecule has 1 aromatic carbocycles. The fraction of sp³-hybridized carbons (Fsp3) is 0.500. The van der Waals surface area contributed by atoms with Gasteiger partial charge in [0.25, 0.3) is 0 Å². The Morgan fingerprint density at radius 1 is 1.04 bits per heavy atom. The number of fused-ring (bicyclic) bond motifs is 1. The summed E-state index contributed by atoms with van der Waals surface area (Å²) < 4.78 is 28.6. The Kier molecular flexibility index (Phi) is 5.45. The number of thiophene rings is 1. The molecule has 1 fully saturated rings. The Labute approximate surface area is 160 Å². The van der Waals surface area contributed by atoms with E-state index in [1.165, 1.54) is 36.0 Å². The standard InChI is InChI=1S/C20H26N2O2S2/c23-26(24,19-8-7-16-5-1-2-6-17(16)13-19)21-14-20(18-9-12-25-15-18)22-10-3-4-11-22/h7-9,12-13,15,20-21H,1-6,10-11,14H2. The summed E-state index contributed by atoms with van der Waals surface area (Å²) in [4.78, 5) is 2.81. The van der Waals surface area contributed by atoms with Gasteiger partial charge in [0.1, 0.15) is 0 Å².